The highest BCUT2D eigenvalue weighted by Gasteiger charge is 2.20. The maximum absolute atomic E-state index is 4.17. The van der Waals surface area contributed by atoms with E-state index in [2.05, 4.69) is 17.3 Å². The van der Waals surface area contributed by atoms with E-state index in [0.29, 0.717) is 6.04 Å². The summed E-state index contributed by atoms with van der Waals surface area (Å²) < 4.78 is 1.94. The van der Waals surface area contributed by atoms with Crippen LogP contribution in [0.3, 0.4) is 0 Å². The maximum atomic E-state index is 4.17. The summed E-state index contributed by atoms with van der Waals surface area (Å²) in [5.41, 5.74) is 2.68. The third kappa shape index (κ3) is 0.609. The SMILES string of the molecule is CC1NCc2c1cnn2C. The third-order valence-corrected chi connectivity index (χ3v) is 2.14. The van der Waals surface area contributed by atoms with E-state index in [0.717, 1.165) is 6.54 Å². The zero-order chi connectivity index (χ0) is 7.14. The Morgan fingerprint density at radius 2 is 2.60 bits per heavy atom. The summed E-state index contributed by atoms with van der Waals surface area (Å²) in [6.07, 6.45) is 1.94. The van der Waals surface area contributed by atoms with Crippen LogP contribution in [-0.4, -0.2) is 9.78 Å². The predicted molar refractivity (Wildman–Crippen MR) is 38.5 cm³/mol. The molecule has 54 valence electrons. The van der Waals surface area contributed by atoms with Crippen molar-refractivity contribution in [1.29, 1.82) is 0 Å². The van der Waals surface area contributed by atoms with Crippen molar-refractivity contribution in [1.82, 2.24) is 15.1 Å². The van der Waals surface area contributed by atoms with Crippen molar-refractivity contribution in [3.05, 3.63) is 17.5 Å². The minimum Gasteiger partial charge on any atom is -0.304 e. The molecule has 0 bridgehead atoms. The molecule has 1 aromatic heterocycles. The van der Waals surface area contributed by atoms with E-state index in [1.165, 1.54) is 11.3 Å². The molecule has 1 N–H and O–H groups in total. The second-order valence-corrected chi connectivity index (χ2v) is 2.77. The molecule has 0 radical (unpaired) electrons. The molecule has 1 atom stereocenters. The summed E-state index contributed by atoms with van der Waals surface area (Å²) in [5.74, 6) is 0. The normalized spacial score (nSPS) is 23.2. The number of nitrogens with one attached hydrogen (secondary N) is 1. The molecule has 3 heteroatoms. The van der Waals surface area contributed by atoms with E-state index < -0.39 is 0 Å². The zero-order valence-electron chi connectivity index (χ0n) is 6.26. The van der Waals surface area contributed by atoms with Crippen LogP contribution in [0.5, 0.6) is 0 Å². The van der Waals surface area contributed by atoms with Gasteiger partial charge in [0.25, 0.3) is 0 Å². The Morgan fingerprint density at radius 1 is 1.80 bits per heavy atom. The van der Waals surface area contributed by atoms with Gasteiger partial charge in [0.1, 0.15) is 0 Å². The molecule has 0 spiro atoms. The summed E-state index contributed by atoms with van der Waals surface area (Å²) in [6, 6.07) is 0.490. The van der Waals surface area contributed by atoms with Crippen molar-refractivity contribution >= 4 is 0 Å². The van der Waals surface area contributed by atoms with Crippen LogP contribution >= 0.6 is 0 Å². The lowest BCUT2D eigenvalue weighted by molar-refractivity contribution is 0.605. The fraction of sp³-hybridized carbons (Fsp3) is 0.571. The maximum Gasteiger partial charge on any atom is 0.0566 e. The molecular weight excluding hydrogens is 126 g/mol. The van der Waals surface area contributed by atoms with Crippen LogP contribution in [0, 0.1) is 0 Å². The molecule has 1 aliphatic heterocycles. The molecule has 1 aliphatic rings. The molecule has 0 saturated heterocycles. The Hall–Kier alpha value is -0.830. The molecule has 0 amide bonds. The quantitative estimate of drug-likeness (QED) is 0.567. The van der Waals surface area contributed by atoms with Gasteiger partial charge in [-0.3, -0.25) is 4.68 Å². The van der Waals surface area contributed by atoms with Crippen LogP contribution < -0.4 is 5.32 Å². The number of nitrogens with zero attached hydrogens (tertiary/aromatic N) is 2. The van der Waals surface area contributed by atoms with E-state index in [1.807, 2.05) is 17.9 Å². The van der Waals surface area contributed by atoms with Gasteiger partial charge in [-0.15, -0.1) is 0 Å². The molecular formula is C7H11N3. The molecule has 0 saturated carbocycles. The van der Waals surface area contributed by atoms with E-state index >= 15 is 0 Å². The summed E-state index contributed by atoms with van der Waals surface area (Å²) in [5, 5.41) is 7.51. The largest absolute Gasteiger partial charge is 0.304 e. The van der Waals surface area contributed by atoms with Gasteiger partial charge in [-0.1, -0.05) is 0 Å². The van der Waals surface area contributed by atoms with E-state index in [1.54, 1.807) is 0 Å². The van der Waals surface area contributed by atoms with Crippen molar-refractivity contribution < 1.29 is 0 Å². The molecule has 3 nitrogen and oxygen atoms in total. The van der Waals surface area contributed by atoms with E-state index in [9.17, 15) is 0 Å². The summed E-state index contributed by atoms with van der Waals surface area (Å²) in [6.45, 7) is 3.13. The number of aromatic nitrogens is 2. The number of hydrogen-bond donors (Lipinski definition) is 1. The average molecular weight is 137 g/mol. The predicted octanol–water partition coefficient (Wildman–Crippen LogP) is 0.584. The van der Waals surface area contributed by atoms with Crippen LogP contribution in [0.2, 0.25) is 0 Å². The molecule has 2 rings (SSSR count). The molecule has 1 aromatic rings. The minimum atomic E-state index is 0.490. The minimum absolute atomic E-state index is 0.490. The number of fused-ring (bicyclic) bond motifs is 1. The van der Waals surface area contributed by atoms with Crippen molar-refractivity contribution in [2.24, 2.45) is 7.05 Å². The van der Waals surface area contributed by atoms with Gasteiger partial charge in [0.2, 0.25) is 0 Å². The van der Waals surface area contributed by atoms with Crippen LogP contribution in [0.1, 0.15) is 24.2 Å². The van der Waals surface area contributed by atoms with Gasteiger partial charge in [0, 0.05) is 25.2 Å². The Kier molecular flexibility index (Phi) is 1.08. The topological polar surface area (TPSA) is 29.9 Å². The number of rotatable bonds is 0. The highest BCUT2D eigenvalue weighted by atomic mass is 15.3. The first-order valence-electron chi connectivity index (χ1n) is 3.53. The standard InChI is InChI=1S/C7H11N3/c1-5-6-3-9-10(2)7(6)4-8-5/h3,5,8H,4H2,1-2H3. The van der Waals surface area contributed by atoms with Crippen LogP contribution in [-0.2, 0) is 13.6 Å². The van der Waals surface area contributed by atoms with Gasteiger partial charge in [0.15, 0.2) is 0 Å². The summed E-state index contributed by atoms with van der Waals surface area (Å²) in [4.78, 5) is 0. The number of aryl methyl sites for hydroxylation is 1. The zero-order valence-corrected chi connectivity index (χ0v) is 6.26. The second kappa shape index (κ2) is 1.83. The summed E-state index contributed by atoms with van der Waals surface area (Å²) >= 11 is 0. The van der Waals surface area contributed by atoms with Crippen LogP contribution in [0.25, 0.3) is 0 Å². The van der Waals surface area contributed by atoms with E-state index in [4.69, 9.17) is 0 Å². The second-order valence-electron chi connectivity index (χ2n) is 2.77. The van der Waals surface area contributed by atoms with Crippen molar-refractivity contribution in [2.75, 3.05) is 0 Å². The fourth-order valence-electron chi connectivity index (χ4n) is 1.42. The molecule has 2 heterocycles. The van der Waals surface area contributed by atoms with Gasteiger partial charge in [0.05, 0.1) is 11.9 Å². The van der Waals surface area contributed by atoms with Gasteiger partial charge in [-0.2, -0.15) is 5.10 Å². The lowest BCUT2D eigenvalue weighted by atomic mass is 10.2. The molecule has 0 aliphatic carbocycles. The first-order valence-corrected chi connectivity index (χ1v) is 3.53. The van der Waals surface area contributed by atoms with Crippen LogP contribution in [0.15, 0.2) is 6.20 Å². The first kappa shape index (κ1) is 5.92. The van der Waals surface area contributed by atoms with Crippen molar-refractivity contribution in [2.45, 2.75) is 19.5 Å². The van der Waals surface area contributed by atoms with Gasteiger partial charge < -0.3 is 5.32 Å². The Labute approximate surface area is 60.0 Å². The van der Waals surface area contributed by atoms with Gasteiger partial charge >= 0.3 is 0 Å². The molecule has 1 unspecified atom stereocenters. The van der Waals surface area contributed by atoms with Crippen LogP contribution in [0.4, 0.5) is 0 Å². The van der Waals surface area contributed by atoms with E-state index in [-0.39, 0.29) is 0 Å². The van der Waals surface area contributed by atoms with Gasteiger partial charge in [-0.25, -0.2) is 0 Å². The Bertz CT molecular complexity index is 251. The molecule has 0 fully saturated rings. The molecule has 0 aromatic carbocycles. The number of hydrogen-bond acceptors (Lipinski definition) is 2. The van der Waals surface area contributed by atoms with Gasteiger partial charge in [-0.05, 0) is 6.92 Å². The first-order chi connectivity index (χ1) is 4.79. The lowest BCUT2D eigenvalue weighted by Gasteiger charge is -1.98. The highest BCUT2D eigenvalue weighted by molar-refractivity contribution is 5.25. The fourth-order valence-corrected chi connectivity index (χ4v) is 1.42. The van der Waals surface area contributed by atoms with Crippen molar-refractivity contribution in [3.63, 3.8) is 0 Å². The lowest BCUT2D eigenvalue weighted by Crippen LogP contribution is -2.09. The smallest absolute Gasteiger partial charge is 0.0566 e. The monoisotopic (exact) mass is 137 g/mol. The third-order valence-electron chi connectivity index (χ3n) is 2.14. The average Bonchev–Trinajstić information content (AvgIpc) is 2.41. The highest BCUT2D eigenvalue weighted by Crippen LogP contribution is 2.22. The summed E-state index contributed by atoms with van der Waals surface area (Å²) in [7, 11) is 1.98. The molecule has 10 heavy (non-hydrogen) atoms. The Balaban J connectivity index is 2.53. The Morgan fingerprint density at radius 3 is 3.30 bits per heavy atom. The van der Waals surface area contributed by atoms with Crippen molar-refractivity contribution in [3.8, 4) is 0 Å².